The highest BCUT2D eigenvalue weighted by Crippen LogP contribution is 2.09. The van der Waals surface area contributed by atoms with Crippen LogP contribution in [-0.2, 0) is 11.2 Å². The van der Waals surface area contributed by atoms with Crippen LogP contribution in [0.25, 0.3) is 0 Å². The average molecular weight is 277 g/mol. The van der Waals surface area contributed by atoms with Crippen molar-refractivity contribution in [3.05, 3.63) is 35.4 Å². The first kappa shape index (κ1) is 16.2. The van der Waals surface area contributed by atoms with Gasteiger partial charge in [0.1, 0.15) is 0 Å². The minimum absolute atomic E-state index is 0.00260. The molecule has 1 rings (SSSR count). The van der Waals surface area contributed by atoms with Crippen molar-refractivity contribution in [3.8, 4) is 0 Å². The smallest absolute Gasteiger partial charge is 0.251 e. The molecule has 0 aliphatic carbocycles. The molecule has 0 aliphatic heterocycles. The second-order valence-corrected chi connectivity index (χ2v) is 4.92. The van der Waals surface area contributed by atoms with Crippen molar-refractivity contribution in [3.63, 3.8) is 0 Å². The molecule has 2 amide bonds. The monoisotopic (exact) mass is 277 g/mol. The molecule has 1 aromatic rings. The average Bonchev–Trinajstić information content (AvgIpc) is 2.42. The van der Waals surface area contributed by atoms with Crippen LogP contribution in [-0.4, -0.2) is 38.0 Å². The van der Waals surface area contributed by atoms with Crippen molar-refractivity contribution in [2.45, 2.75) is 26.3 Å². The van der Waals surface area contributed by atoms with Gasteiger partial charge in [0.2, 0.25) is 5.91 Å². The Morgan fingerprint density at radius 2 is 1.90 bits per heavy atom. The summed E-state index contributed by atoms with van der Waals surface area (Å²) >= 11 is 0. The first-order chi connectivity index (χ1) is 9.54. The predicted molar refractivity (Wildman–Crippen MR) is 79.7 cm³/mol. The largest absolute Gasteiger partial charge is 0.352 e. The SMILES string of the molecule is CNCCc1ccccc1C(=O)NCC(=O)NC(C)C. The van der Waals surface area contributed by atoms with Crippen molar-refractivity contribution in [2.75, 3.05) is 20.1 Å². The van der Waals surface area contributed by atoms with Crippen LogP contribution in [0.3, 0.4) is 0 Å². The summed E-state index contributed by atoms with van der Waals surface area (Å²) in [5.41, 5.74) is 1.60. The molecule has 0 aromatic heterocycles. The summed E-state index contributed by atoms with van der Waals surface area (Å²) in [5, 5.41) is 8.44. The second-order valence-electron chi connectivity index (χ2n) is 4.92. The summed E-state index contributed by atoms with van der Waals surface area (Å²) < 4.78 is 0. The highest BCUT2D eigenvalue weighted by atomic mass is 16.2. The normalized spacial score (nSPS) is 10.4. The molecular weight excluding hydrogens is 254 g/mol. The molecule has 5 nitrogen and oxygen atoms in total. The lowest BCUT2D eigenvalue weighted by molar-refractivity contribution is -0.120. The summed E-state index contributed by atoms with van der Waals surface area (Å²) in [5.74, 6) is -0.392. The van der Waals surface area contributed by atoms with Crippen molar-refractivity contribution >= 4 is 11.8 Å². The lowest BCUT2D eigenvalue weighted by atomic mass is 10.0. The van der Waals surface area contributed by atoms with Crippen LogP contribution in [0.2, 0.25) is 0 Å². The molecule has 0 unspecified atom stereocenters. The first-order valence-corrected chi connectivity index (χ1v) is 6.84. The van der Waals surface area contributed by atoms with E-state index < -0.39 is 0 Å². The van der Waals surface area contributed by atoms with Crippen LogP contribution >= 0.6 is 0 Å². The molecule has 3 N–H and O–H groups in total. The molecule has 20 heavy (non-hydrogen) atoms. The molecule has 0 atom stereocenters. The molecule has 0 saturated carbocycles. The fraction of sp³-hybridized carbons (Fsp3) is 0.467. The number of benzene rings is 1. The standard InChI is InChI=1S/C15H23N3O2/c1-11(2)18-14(19)10-17-15(20)13-7-5-4-6-12(13)8-9-16-3/h4-7,11,16H,8-10H2,1-3H3,(H,17,20)(H,18,19). The molecule has 0 radical (unpaired) electrons. The van der Waals surface area contributed by atoms with Gasteiger partial charge in [-0.25, -0.2) is 0 Å². The third-order valence-electron chi connectivity index (χ3n) is 2.77. The van der Waals surface area contributed by atoms with E-state index in [-0.39, 0.29) is 24.4 Å². The fourth-order valence-electron chi connectivity index (χ4n) is 1.85. The summed E-state index contributed by atoms with van der Waals surface area (Å²) in [6, 6.07) is 7.52. The van der Waals surface area contributed by atoms with Gasteiger partial charge in [-0.15, -0.1) is 0 Å². The zero-order chi connectivity index (χ0) is 15.0. The van der Waals surface area contributed by atoms with Gasteiger partial charge in [0.15, 0.2) is 0 Å². The van der Waals surface area contributed by atoms with Gasteiger partial charge >= 0.3 is 0 Å². The number of rotatable bonds is 7. The minimum atomic E-state index is -0.212. The number of carbonyl (C=O) groups is 2. The van der Waals surface area contributed by atoms with E-state index in [1.165, 1.54) is 0 Å². The highest BCUT2D eigenvalue weighted by molar-refractivity contribution is 5.97. The maximum atomic E-state index is 12.1. The number of hydrogen-bond donors (Lipinski definition) is 3. The van der Waals surface area contributed by atoms with Gasteiger partial charge in [0, 0.05) is 11.6 Å². The summed E-state index contributed by atoms with van der Waals surface area (Å²) in [4.78, 5) is 23.6. The maximum Gasteiger partial charge on any atom is 0.251 e. The van der Waals surface area contributed by atoms with Gasteiger partial charge in [-0.2, -0.15) is 0 Å². The Balaban J connectivity index is 2.61. The fourth-order valence-corrected chi connectivity index (χ4v) is 1.85. The Labute approximate surface area is 120 Å². The van der Waals surface area contributed by atoms with E-state index in [1.807, 2.05) is 39.1 Å². The number of nitrogens with one attached hydrogen (secondary N) is 3. The molecule has 0 bridgehead atoms. The topological polar surface area (TPSA) is 70.2 Å². The zero-order valence-corrected chi connectivity index (χ0v) is 12.3. The van der Waals surface area contributed by atoms with Gasteiger partial charge in [0.05, 0.1) is 6.54 Å². The molecule has 5 heteroatoms. The van der Waals surface area contributed by atoms with E-state index in [4.69, 9.17) is 0 Å². The second kappa shape index (κ2) is 8.32. The quantitative estimate of drug-likeness (QED) is 0.687. The van der Waals surface area contributed by atoms with Crippen LogP contribution in [0.5, 0.6) is 0 Å². The van der Waals surface area contributed by atoms with E-state index in [0.29, 0.717) is 5.56 Å². The Kier molecular flexibility index (Phi) is 6.73. The van der Waals surface area contributed by atoms with E-state index in [9.17, 15) is 9.59 Å². The molecular formula is C15H23N3O2. The third-order valence-corrected chi connectivity index (χ3v) is 2.77. The number of carbonyl (C=O) groups excluding carboxylic acids is 2. The van der Waals surface area contributed by atoms with Crippen molar-refractivity contribution in [1.82, 2.24) is 16.0 Å². The summed E-state index contributed by atoms with van der Waals surface area (Å²) in [6.45, 7) is 4.56. The summed E-state index contributed by atoms with van der Waals surface area (Å²) in [7, 11) is 1.87. The van der Waals surface area contributed by atoms with Crippen molar-refractivity contribution < 1.29 is 9.59 Å². The van der Waals surface area contributed by atoms with Gasteiger partial charge < -0.3 is 16.0 Å². The number of likely N-dealkylation sites (N-methyl/N-ethyl adjacent to an activating group) is 1. The number of amides is 2. The molecule has 0 heterocycles. The van der Waals surface area contributed by atoms with E-state index in [2.05, 4.69) is 16.0 Å². The molecule has 0 saturated heterocycles. The van der Waals surface area contributed by atoms with Crippen LogP contribution in [0.15, 0.2) is 24.3 Å². The Morgan fingerprint density at radius 3 is 2.55 bits per heavy atom. The summed E-state index contributed by atoms with van der Waals surface area (Å²) in [6.07, 6.45) is 0.776. The first-order valence-electron chi connectivity index (χ1n) is 6.84. The maximum absolute atomic E-state index is 12.1. The highest BCUT2D eigenvalue weighted by Gasteiger charge is 2.12. The number of hydrogen-bond acceptors (Lipinski definition) is 3. The molecule has 0 aliphatic rings. The molecule has 0 spiro atoms. The van der Waals surface area contributed by atoms with Gasteiger partial charge in [-0.05, 0) is 45.5 Å². The third kappa shape index (κ3) is 5.40. The van der Waals surface area contributed by atoms with E-state index in [1.54, 1.807) is 6.07 Å². The Hall–Kier alpha value is -1.88. The van der Waals surface area contributed by atoms with Gasteiger partial charge in [-0.3, -0.25) is 9.59 Å². The molecule has 110 valence electrons. The van der Waals surface area contributed by atoms with E-state index in [0.717, 1.165) is 18.5 Å². The van der Waals surface area contributed by atoms with Crippen molar-refractivity contribution in [1.29, 1.82) is 0 Å². The molecule has 0 fully saturated rings. The van der Waals surface area contributed by atoms with Crippen LogP contribution in [0.4, 0.5) is 0 Å². The predicted octanol–water partition coefficient (Wildman–Crippen LogP) is 0.703. The Bertz CT molecular complexity index is 458. The van der Waals surface area contributed by atoms with E-state index >= 15 is 0 Å². The zero-order valence-electron chi connectivity index (χ0n) is 12.3. The van der Waals surface area contributed by atoms with Crippen LogP contribution < -0.4 is 16.0 Å². The minimum Gasteiger partial charge on any atom is -0.352 e. The van der Waals surface area contributed by atoms with Gasteiger partial charge in [0.25, 0.3) is 5.91 Å². The Morgan fingerprint density at radius 1 is 1.20 bits per heavy atom. The van der Waals surface area contributed by atoms with Crippen molar-refractivity contribution in [2.24, 2.45) is 0 Å². The lowest BCUT2D eigenvalue weighted by Gasteiger charge is -2.11. The molecule has 1 aromatic carbocycles. The van der Waals surface area contributed by atoms with Gasteiger partial charge in [-0.1, -0.05) is 18.2 Å². The lowest BCUT2D eigenvalue weighted by Crippen LogP contribution is -2.40. The van der Waals surface area contributed by atoms with Crippen LogP contribution in [0.1, 0.15) is 29.8 Å². The van der Waals surface area contributed by atoms with Crippen LogP contribution in [0, 0.1) is 0 Å².